The van der Waals surface area contributed by atoms with Crippen molar-refractivity contribution in [1.82, 2.24) is 9.97 Å². The van der Waals surface area contributed by atoms with Crippen LogP contribution in [-0.2, 0) is 0 Å². The van der Waals surface area contributed by atoms with Crippen molar-refractivity contribution in [3.8, 4) is 0 Å². The van der Waals surface area contributed by atoms with Gasteiger partial charge < -0.3 is 16.0 Å². The minimum Gasteiger partial charge on any atom is -0.353 e. The molecule has 0 aliphatic rings. The second-order valence-electron chi connectivity index (χ2n) is 3.85. The molecule has 0 aliphatic carbocycles. The molecule has 18 heavy (non-hydrogen) atoms. The Kier molecular flexibility index (Phi) is 4.09. The van der Waals surface area contributed by atoms with Crippen molar-refractivity contribution in [3.05, 3.63) is 42.6 Å². The van der Waals surface area contributed by atoms with Crippen LogP contribution in [0.5, 0.6) is 0 Å². The van der Waals surface area contributed by atoms with E-state index in [9.17, 15) is 0 Å². The van der Waals surface area contributed by atoms with Gasteiger partial charge in [0.25, 0.3) is 0 Å². The number of nitrogens with two attached hydrogens (primary N) is 1. The molecule has 2 aromatic rings. The number of benzene rings is 1. The van der Waals surface area contributed by atoms with Crippen molar-refractivity contribution in [2.45, 2.75) is 0 Å². The Labute approximate surface area is 107 Å². The van der Waals surface area contributed by atoms with Crippen LogP contribution in [0.25, 0.3) is 0 Å². The Morgan fingerprint density at radius 3 is 2.72 bits per heavy atom. The Morgan fingerprint density at radius 1 is 1.22 bits per heavy atom. The highest BCUT2D eigenvalue weighted by Gasteiger charge is 2.05. The summed E-state index contributed by atoms with van der Waals surface area (Å²) in [6.07, 6.45) is 1.74. The topological polar surface area (TPSA) is 67.1 Å². The van der Waals surface area contributed by atoms with Crippen molar-refractivity contribution in [3.63, 3.8) is 0 Å². The fourth-order valence-corrected chi connectivity index (χ4v) is 1.59. The molecule has 0 bridgehead atoms. The second-order valence-corrected chi connectivity index (χ2v) is 3.85. The molecule has 0 saturated heterocycles. The minimum atomic E-state index is 0.558. The molecule has 0 spiro atoms. The van der Waals surface area contributed by atoms with Gasteiger partial charge in [-0.25, -0.2) is 4.98 Å². The zero-order valence-electron chi connectivity index (χ0n) is 10.4. The first-order valence-electron chi connectivity index (χ1n) is 5.87. The number of para-hydroxylation sites is 1. The normalized spacial score (nSPS) is 10.1. The van der Waals surface area contributed by atoms with Gasteiger partial charge in [-0.15, -0.1) is 0 Å². The van der Waals surface area contributed by atoms with Crippen LogP contribution >= 0.6 is 0 Å². The standard InChI is InChI=1S/C13H17N5/c1-18(11-5-3-2-4-6-11)12-7-9-15-13(17-12)16-10-8-14/h2-7,9H,8,10,14H2,1H3,(H,15,16,17). The van der Waals surface area contributed by atoms with Crippen LogP contribution in [0.1, 0.15) is 0 Å². The summed E-state index contributed by atoms with van der Waals surface area (Å²) < 4.78 is 0. The van der Waals surface area contributed by atoms with E-state index in [0.29, 0.717) is 19.0 Å². The predicted octanol–water partition coefficient (Wildman–Crippen LogP) is 1.62. The highest BCUT2D eigenvalue weighted by Crippen LogP contribution is 2.21. The lowest BCUT2D eigenvalue weighted by Crippen LogP contribution is -2.16. The average Bonchev–Trinajstić information content (AvgIpc) is 2.45. The molecule has 0 unspecified atom stereocenters. The van der Waals surface area contributed by atoms with E-state index in [1.165, 1.54) is 0 Å². The quantitative estimate of drug-likeness (QED) is 0.835. The first-order chi connectivity index (χ1) is 8.81. The molecule has 0 saturated carbocycles. The molecular weight excluding hydrogens is 226 g/mol. The van der Waals surface area contributed by atoms with Crippen LogP contribution in [0.3, 0.4) is 0 Å². The summed E-state index contributed by atoms with van der Waals surface area (Å²) in [6, 6.07) is 11.9. The number of hydrogen-bond donors (Lipinski definition) is 2. The van der Waals surface area contributed by atoms with Gasteiger partial charge in [0.1, 0.15) is 5.82 Å². The van der Waals surface area contributed by atoms with Crippen molar-refractivity contribution >= 4 is 17.5 Å². The maximum atomic E-state index is 5.44. The molecule has 5 heteroatoms. The third-order valence-electron chi connectivity index (χ3n) is 2.56. The summed E-state index contributed by atoms with van der Waals surface area (Å²) in [5.74, 6) is 1.44. The highest BCUT2D eigenvalue weighted by molar-refractivity contribution is 5.59. The maximum Gasteiger partial charge on any atom is 0.224 e. The molecule has 0 atom stereocenters. The van der Waals surface area contributed by atoms with Gasteiger partial charge in [-0.3, -0.25) is 0 Å². The smallest absolute Gasteiger partial charge is 0.224 e. The number of aromatic nitrogens is 2. The lowest BCUT2D eigenvalue weighted by atomic mass is 10.3. The summed E-state index contributed by atoms with van der Waals surface area (Å²) in [4.78, 5) is 10.6. The van der Waals surface area contributed by atoms with Crippen LogP contribution in [0.4, 0.5) is 17.5 Å². The van der Waals surface area contributed by atoms with Crippen molar-refractivity contribution in [2.75, 3.05) is 30.4 Å². The monoisotopic (exact) mass is 243 g/mol. The molecule has 0 amide bonds. The Hall–Kier alpha value is -2.14. The Balaban J connectivity index is 2.17. The summed E-state index contributed by atoms with van der Waals surface area (Å²) in [6.45, 7) is 1.22. The van der Waals surface area contributed by atoms with Gasteiger partial charge in [-0.05, 0) is 18.2 Å². The predicted molar refractivity (Wildman–Crippen MR) is 74.1 cm³/mol. The summed E-state index contributed by atoms with van der Waals surface area (Å²) >= 11 is 0. The van der Waals surface area contributed by atoms with Crippen LogP contribution in [0, 0.1) is 0 Å². The van der Waals surface area contributed by atoms with E-state index in [-0.39, 0.29) is 0 Å². The molecule has 0 radical (unpaired) electrons. The van der Waals surface area contributed by atoms with E-state index in [2.05, 4.69) is 15.3 Å². The molecule has 0 fully saturated rings. The van der Waals surface area contributed by atoms with E-state index < -0.39 is 0 Å². The zero-order chi connectivity index (χ0) is 12.8. The Morgan fingerprint density at radius 2 is 2.00 bits per heavy atom. The number of rotatable bonds is 5. The van der Waals surface area contributed by atoms with Gasteiger partial charge in [-0.1, -0.05) is 18.2 Å². The van der Waals surface area contributed by atoms with Gasteiger partial charge in [0.2, 0.25) is 5.95 Å². The van der Waals surface area contributed by atoms with Crippen LogP contribution in [0.2, 0.25) is 0 Å². The minimum absolute atomic E-state index is 0.558. The van der Waals surface area contributed by atoms with Gasteiger partial charge in [0.05, 0.1) is 0 Å². The molecule has 3 N–H and O–H groups in total. The fraction of sp³-hybridized carbons (Fsp3) is 0.231. The fourth-order valence-electron chi connectivity index (χ4n) is 1.59. The van der Waals surface area contributed by atoms with E-state index in [1.54, 1.807) is 6.20 Å². The first-order valence-corrected chi connectivity index (χ1v) is 5.87. The highest BCUT2D eigenvalue weighted by atomic mass is 15.2. The van der Waals surface area contributed by atoms with E-state index in [0.717, 1.165) is 11.5 Å². The number of anilines is 3. The summed E-state index contributed by atoms with van der Waals surface area (Å²) in [7, 11) is 1.98. The second kappa shape index (κ2) is 5.97. The van der Waals surface area contributed by atoms with E-state index >= 15 is 0 Å². The van der Waals surface area contributed by atoms with Gasteiger partial charge in [-0.2, -0.15) is 4.98 Å². The van der Waals surface area contributed by atoms with Gasteiger partial charge >= 0.3 is 0 Å². The van der Waals surface area contributed by atoms with Gasteiger partial charge in [0.15, 0.2) is 0 Å². The number of nitrogens with one attached hydrogen (secondary N) is 1. The van der Waals surface area contributed by atoms with Crippen molar-refractivity contribution in [2.24, 2.45) is 5.73 Å². The average molecular weight is 243 g/mol. The largest absolute Gasteiger partial charge is 0.353 e. The summed E-state index contributed by atoms with van der Waals surface area (Å²) in [5, 5.41) is 3.07. The molecule has 0 aliphatic heterocycles. The number of nitrogens with zero attached hydrogens (tertiary/aromatic N) is 3. The first kappa shape index (κ1) is 12.3. The molecule has 5 nitrogen and oxygen atoms in total. The third kappa shape index (κ3) is 2.95. The van der Waals surface area contributed by atoms with E-state index in [1.807, 2.05) is 48.3 Å². The van der Waals surface area contributed by atoms with Gasteiger partial charge in [0, 0.05) is 32.0 Å². The SMILES string of the molecule is CN(c1ccccc1)c1ccnc(NCCN)n1. The van der Waals surface area contributed by atoms with Crippen molar-refractivity contribution < 1.29 is 0 Å². The third-order valence-corrected chi connectivity index (χ3v) is 2.56. The molecule has 94 valence electrons. The zero-order valence-corrected chi connectivity index (χ0v) is 10.4. The molecule has 1 heterocycles. The number of hydrogen-bond acceptors (Lipinski definition) is 5. The lowest BCUT2D eigenvalue weighted by molar-refractivity contribution is 0.981. The summed E-state index contributed by atoms with van der Waals surface area (Å²) in [5.41, 5.74) is 6.52. The van der Waals surface area contributed by atoms with Crippen molar-refractivity contribution in [1.29, 1.82) is 0 Å². The van der Waals surface area contributed by atoms with Crippen LogP contribution in [-0.4, -0.2) is 30.1 Å². The van der Waals surface area contributed by atoms with E-state index in [4.69, 9.17) is 5.73 Å². The Bertz CT molecular complexity index is 486. The van der Waals surface area contributed by atoms with Crippen LogP contribution < -0.4 is 16.0 Å². The maximum absolute atomic E-state index is 5.44. The van der Waals surface area contributed by atoms with Crippen LogP contribution in [0.15, 0.2) is 42.6 Å². The molecule has 1 aromatic heterocycles. The molecule has 1 aromatic carbocycles. The molecule has 2 rings (SSSR count). The molecular formula is C13H17N5. The lowest BCUT2D eigenvalue weighted by Gasteiger charge is -2.18.